The zero-order valence-corrected chi connectivity index (χ0v) is 18.2. The maximum Gasteiger partial charge on any atom is 0.325 e. The number of methoxy groups -OCH3 is 1. The molecule has 0 bridgehead atoms. The lowest BCUT2D eigenvalue weighted by molar-refractivity contribution is -0.116. The minimum atomic E-state index is -0.424. The van der Waals surface area contributed by atoms with Gasteiger partial charge in [0.2, 0.25) is 5.91 Å². The molecule has 0 aliphatic carbocycles. The summed E-state index contributed by atoms with van der Waals surface area (Å²) in [7, 11) is 1.53. The number of carbonyl (C=O) groups excluding carboxylic acids is 2. The second kappa shape index (κ2) is 10.3. The minimum Gasteiger partial charge on any atom is -0.495 e. The van der Waals surface area contributed by atoms with E-state index in [2.05, 4.69) is 20.9 Å². The van der Waals surface area contributed by atoms with Crippen LogP contribution in [0.2, 0.25) is 10.0 Å². The van der Waals surface area contributed by atoms with Crippen molar-refractivity contribution in [2.45, 2.75) is 12.8 Å². The van der Waals surface area contributed by atoms with Crippen molar-refractivity contribution in [1.29, 1.82) is 0 Å². The number of amides is 3. The van der Waals surface area contributed by atoms with Crippen molar-refractivity contribution < 1.29 is 14.3 Å². The van der Waals surface area contributed by atoms with E-state index in [1.165, 1.54) is 18.4 Å². The summed E-state index contributed by atoms with van der Waals surface area (Å²) in [6, 6.07) is 11.4. The van der Waals surface area contributed by atoms with Crippen LogP contribution in [-0.2, 0) is 11.2 Å². The lowest BCUT2D eigenvalue weighted by atomic mass is 10.2. The van der Waals surface area contributed by atoms with Crippen LogP contribution in [-0.4, -0.2) is 24.0 Å². The minimum absolute atomic E-state index is 0.169. The number of halogens is 2. The topological polar surface area (TPSA) is 92.4 Å². The third-order valence-electron chi connectivity index (χ3n) is 3.90. The van der Waals surface area contributed by atoms with Crippen LogP contribution in [0.4, 0.5) is 21.3 Å². The van der Waals surface area contributed by atoms with Gasteiger partial charge in [-0.25, -0.2) is 9.78 Å². The molecule has 0 aliphatic heterocycles. The molecule has 0 aliphatic rings. The standard InChI is InChI=1S/C20H18Cl2N4O3S/c1-29-17-7-5-14(10-16(17)22)23-18(27)8-6-15-11-30-20(25-15)26-19(28)24-13-4-2-3-12(21)9-13/h2-5,7,9-11H,6,8H2,1H3,(H,23,27)(H2,24,25,26,28). The van der Waals surface area contributed by atoms with Crippen molar-refractivity contribution in [2.75, 3.05) is 23.1 Å². The highest BCUT2D eigenvalue weighted by Crippen LogP contribution is 2.27. The van der Waals surface area contributed by atoms with Crippen LogP contribution in [0.15, 0.2) is 47.8 Å². The van der Waals surface area contributed by atoms with Crippen LogP contribution < -0.4 is 20.7 Å². The van der Waals surface area contributed by atoms with Gasteiger partial charge in [0.05, 0.1) is 17.8 Å². The number of hydrogen-bond donors (Lipinski definition) is 3. The molecule has 1 aromatic heterocycles. The van der Waals surface area contributed by atoms with E-state index in [4.69, 9.17) is 27.9 Å². The summed E-state index contributed by atoms with van der Waals surface area (Å²) in [5, 5.41) is 11.3. The van der Waals surface area contributed by atoms with Crippen molar-refractivity contribution in [2.24, 2.45) is 0 Å². The van der Waals surface area contributed by atoms with Crippen LogP contribution in [0.25, 0.3) is 0 Å². The number of benzene rings is 2. The Morgan fingerprint density at radius 2 is 1.87 bits per heavy atom. The average Bonchev–Trinajstić information content (AvgIpc) is 3.13. The number of hydrogen-bond acceptors (Lipinski definition) is 5. The number of thiazole rings is 1. The summed E-state index contributed by atoms with van der Waals surface area (Å²) >= 11 is 13.2. The van der Waals surface area contributed by atoms with Gasteiger partial charge in [0.25, 0.3) is 0 Å². The number of ether oxygens (including phenoxy) is 1. The summed E-state index contributed by atoms with van der Waals surface area (Å²) in [5.41, 5.74) is 1.87. The molecular formula is C20H18Cl2N4O3S. The number of nitrogens with zero attached hydrogens (tertiary/aromatic N) is 1. The first-order valence-electron chi connectivity index (χ1n) is 8.84. The van der Waals surface area contributed by atoms with Gasteiger partial charge in [-0.15, -0.1) is 11.3 Å². The number of anilines is 3. The molecule has 0 atom stereocenters. The molecular weight excluding hydrogens is 447 g/mol. The van der Waals surface area contributed by atoms with E-state index in [1.54, 1.807) is 47.8 Å². The molecule has 10 heteroatoms. The average molecular weight is 465 g/mol. The van der Waals surface area contributed by atoms with E-state index in [0.717, 1.165) is 0 Å². The molecule has 30 heavy (non-hydrogen) atoms. The summed E-state index contributed by atoms with van der Waals surface area (Å²) in [4.78, 5) is 28.6. The molecule has 0 fully saturated rings. The Balaban J connectivity index is 1.47. The van der Waals surface area contributed by atoms with Crippen molar-refractivity contribution in [3.8, 4) is 5.75 Å². The molecule has 1 heterocycles. The molecule has 2 aromatic carbocycles. The molecule has 0 saturated carbocycles. The van der Waals surface area contributed by atoms with E-state index in [-0.39, 0.29) is 12.3 Å². The maximum absolute atomic E-state index is 12.2. The Morgan fingerprint density at radius 3 is 2.60 bits per heavy atom. The second-order valence-corrected chi connectivity index (χ2v) is 7.83. The highest BCUT2D eigenvalue weighted by Gasteiger charge is 2.10. The Labute approximate surface area is 187 Å². The van der Waals surface area contributed by atoms with Gasteiger partial charge in [-0.1, -0.05) is 29.3 Å². The van der Waals surface area contributed by atoms with Gasteiger partial charge in [-0.2, -0.15) is 0 Å². The van der Waals surface area contributed by atoms with Gasteiger partial charge < -0.3 is 15.4 Å². The van der Waals surface area contributed by atoms with Gasteiger partial charge in [0.1, 0.15) is 5.75 Å². The van der Waals surface area contributed by atoms with Crippen molar-refractivity contribution >= 4 is 63.0 Å². The number of nitrogens with one attached hydrogen (secondary N) is 3. The van der Waals surface area contributed by atoms with Gasteiger partial charge >= 0.3 is 6.03 Å². The van der Waals surface area contributed by atoms with Crippen LogP contribution in [0.5, 0.6) is 5.75 Å². The molecule has 3 aromatic rings. The third-order valence-corrected chi connectivity index (χ3v) is 5.24. The smallest absolute Gasteiger partial charge is 0.325 e. The first-order valence-corrected chi connectivity index (χ1v) is 10.5. The maximum atomic E-state index is 12.2. The monoisotopic (exact) mass is 464 g/mol. The van der Waals surface area contributed by atoms with Gasteiger partial charge in [0.15, 0.2) is 5.13 Å². The first kappa shape index (κ1) is 21.9. The number of aryl methyl sites for hydroxylation is 1. The fourth-order valence-corrected chi connectivity index (χ4v) is 3.70. The predicted octanol–water partition coefficient (Wildman–Crippen LogP) is 5.67. The normalized spacial score (nSPS) is 10.4. The molecule has 0 unspecified atom stereocenters. The SMILES string of the molecule is COc1ccc(NC(=O)CCc2csc(NC(=O)Nc3cccc(Cl)c3)n2)cc1Cl. The first-order chi connectivity index (χ1) is 14.4. The van der Waals surface area contributed by atoms with E-state index >= 15 is 0 Å². The fourth-order valence-electron chi connectivity index (χ4n) is 2.51. The molecule has 7 nitrogen and oxygen atoms in total. The molecule has 0 spiro atoms. The van der Waals surface area contributed by atoms with Crippen LogP contribution in [0.1, 0.15) is 12.1 Å². The van der Waals surface area contributed by atoms with Gasteiger partial charge in [-0.3, -0.25) is 10.1 Å². The molecule has 156 valence electrons. The summed E-state index contributed by atoms with van der Waals surface area (Å²) in [6.07, 6.45) is 0.672. The molecule has 3 amide bonds. The Kier molecular flexibility index (Phi) is 7.51. The third kappa shape index (κ3) is 6.35. The molecule has 3 N–H and O–H groups in total. The highest BCUT2D eigenvalue weighted by atomic mass is 35.5. The highest BCUT2D eigenvalue weighted by molar-refractivity contribution is 7.13. The quantitative estimate of drug-likeness (QED) is 0.419. The zero-order chi connectivity index (χ0) is 21.5. The Hall–Kier alpha value is -2.81. The number of urea groups is 1. The second-order valence-electron chi connectivity index (χ2n) is 6.13. The molecule has 0 radical (unpaired) electrons. The van der Waals surface area contributed by atoms with Gasteiger partial charge in [0, 0.05) is 28.2 Å². The Morgan fingerprint density at radius 1 is 1.07 bits per heavy atom. The van der Waals surface area contributed by atoms with E-state index in [1.807, 2.05) is 0 Å². The van der Waals surface area contributed by atoms with Crippen LogP contribution >= 0.6 is 34.5 Å². The lowest BCUT2D eigenvalue weighted by Gasteiger charge is -2.07. The summed E-state index contributed by atoms with van der Waals surface area (Å²) in [5.74, 6) is 0.369. The van der Waals surface area contributed by atoms with Crippen LogP contribution in [0, 0.1) is 0 Å². The van der Waals surface area contributed by atoms with E-state index in [0.29, 0.717) is 44.4 Å². The van der Waals surface area contributed by atoms with Crippen molar-refractivity contribution in [3.63, 3.8) is 0 Å². The van der Waals surface area contributed by atoms with E-state index < -0.39 is 6.03 Å². The summed E-state index contributed by atoms with van der Waals surface area (Å²) in [6.45, 7) is 0. The van der Waals surface area contributed by atoms with Crippen molar-refractivity contribution in [1.82, 2.24) is 4.98 Å². The van der Waals surface area contributed by atoms with E-state index in [9.17, 15) is 9.59 Å². The number of rotatable bonds is 7. The molecule has 3 rings (SSSR count). The fraction of sp³-hybridized carbons (Fsp3) is 0.150. The predicted molar refractivity (Wildman–Crippen MR) is 121 cm³/mol. The Bertz CT molecular complexity index is 1060. The van der Waals surface area contributed by atoms with Crippen molar-refractivity contribution in [3.05, 3.63) is 63.6 Å². The lowest BCUT2D eigenvalue weighted by Crippen LogP contribution is -2.19. The summed E-state index contributed by atoms with van der Waals surface area (Å²) < 4.78 is 5.09. The number of aromatic nitrogens is 1. The number of carbonyl (C=O) groups is 2. The largest absolute Gasteiger partial charge is 0.495 e. The molecule has 0 saturated heterocycles. The van der Waals surface area contributed by atoms with Gasteiger partial charge in [-0.05, 0) is 42.8 Å². The van der Waals surface area contributed by atoms with Crippen LogP contribution in [0.3, 0.4) is 0 Å². The zero-order valence-electron chi connectivity index (χ0n) is 15.9.